The Hall–Kier alpha value is -0.440. The molecule has 0 radical (unpaired) electrons. The van der Waals surface area contributed by atoms with Crippen molar-refractivity contribution in [3.05, 3.63) is 23.2 Å². The first-order valence-electron chi connectivity index (χ1n) is 2.27. The van der Waals surface area contributed by atoms with Crippen LogP contribution in [-0.2, 0) is 7.05 Å². The van der Waals surface area contributed by atoms with Crippen molar-refractivity contribution in [2.45, 2.75) is 0 Å². The lowest BCUT2D eigenvalue weighted by Crippen LogP contribution is -2.29. The van der Waals surface area contributed by atoms with Gasteiger partial charge in [-0.2, -0.15) is 0 Å². The van der Waals surface area contributed by atoms with Crippen LogP contribution in [0.25, 0.3) is 0 Å². The van der Waals surface area contributed by atoms with Crippen LogP contribution in [0.15, 0.2) is 23.2 Å². The van der Waals surface area contributed by atoms with Crippen molar-refractivity contribution >= 4 is 15.9 Å². The number of hydrogen-bond acceptors (Lipinski definition) is 1. The standard InChI is InChI=1S/C5H6BrN2/c1-8-4-2-3-7-5(8)6/h2-4H,1H3/q+1. The Morgan fingerprint density at radius 3 is 2.88 bits per heavy atom. The number of aryl methyl sites for hydroxylation is 1. The lowest BCUT2D eigenvalue weighted by molar-refractivity contribution is -0.686. The summed E-state index contributed by atoms with van der Waals surface area (Å²) < 4.78 is 2.74. The van der Waals surface area contributed by atoms with Crippen LogP contribution in [-0.4, -0.2) is 4.98 Å². The van der Waals surface area contributed by atoms with Crippen LogP contribution < -0.4 is 4.57 Å². The average Bonchev–Trinajstić information content (AvgIpc) is 1.77. The Labute approximate surface area is 56.3 Å². The van der Waals surface area contributed by atoms with Crippen molar-refractivity contribution in [3.8, 4) is 0 Å². The van der Waals surface area contributed by atoms with Gasteiger partial charge in [-0.05, 0) is 4.98 Å². The Balaban J connectivity index is 3.13. The van der Waals surface area contributed by atoms with E-state index in [-0.39, 0.29) is 0 Å². The molecule has 42 valence electrons. The number of nitrogens with zero attached hydrogens (tertiary/aromatic N) is 2. The van der Waals surface area contributed by atoms with E-state index in [0.717, 1.165) is 4.73 Å². The minimum absolute atomic E-state index is 0.847. The van der Waals surface area contributed by atoms with Crippen molar-refractivity contribution in [3.63, 3.8) is 0 Å². The fourth-order valence-corrected chi connectivity index (χ4v) is 0.661. The SMILES string of the molecule is C[n+]1cccnc1Br. The molecule has 0 atom stereocenters. The fraction of sp³-hybridized carbons (Fsp3) is 0.200. The molecule has 0 aliphatic rings. The van der Waals surface area contributed by atoms with Gasteiger partial charge >= 0.3 is 4.73 Å². The first kappa shape index (κ1) is 5.69. The molecule has 0 amide bonds. The van der Waals surface area contributed by atoms with Gasteiger partial charge in [0.2, 0.25) is 0 Å². The van der Waals surface area contributed by atoms with E-state index in [1.165, 1.54) is 0 Å². The molecule has 1 aromatic heterocycles. The zero-order valence-electron chi connectivity index (χ0n) is 4.50. The first-order valence-corrected chi connectivity index (χ1v) is 3.06. The Morgan fingerprint density at radius 1 is 1.75 bits per heavy atom. The summed E-state index contributed by atoms with van der Waals surface area (Å²) >= 11 is 3.25. The van der Waals surface area contributed by atoms with Crippen LogP contribution in [0.1, 0.15) is 0 Å². The zero-order valence-corrected chi connectivity index (χ0v) is 6.09. The molecule has 1 heterocycles. The van der Waals surface area contributed by atoms with E-state index in [1.54, 1.807) is 6.20 Å². The second-order valence-electron chi connectivity index (χ2n) is 1.50. The van der Waals surface area contributed by atoms with Crippen molar-refractivity contribution in [2.75, 3.05) is 0 Å². The van der Waals surface area contributed by atoms with E-state index in [0.29, 0.717) is 0 Å². The number of halogens is 1. The highest BCUT2D eigenvalue weighted by atomic mass is 79.9. The molecule has 0 bridgehead atoms. The van der Waals surface area contributed by atoms with Crippen LogP contribution in [0.5, 0.6) is 0 Å². The molecule has 0 N–H and O–H groups in total. The highest BCUT2D eigenvalue weighted by Crippen LogP contribution is 1.92. The quantitative estimate of drug-likeness (QED) is 0.417. The predicted octanol–water partition coefficient (Wildman–Crippen LogP) is 0.669. The van der Waals surface area contributed by atoms with Crippen molar-refractivity contribution < 1.29 is 4.57 Å². The highest BCUT2D eigenvalue weighted by Gasteiger charge is 1.97. The molecule has 0 aliphatic heterocycles. The lowest BCUT2D eigenvalue weighted by Gasteiger charge is -1.84. The summed E-state index contributed by atoms with van der Waals surface area (Å²) in [6.45, 7) is 0. The van der Waals surface area contributed by atoms with Gasteiger partial charge in [0.25, 0.3) is 0 Å². The molecule has 0 aliphatic carbocycles. The van der Waals surface area contributed by atoms with Crippen LogP contribution in [0.3, 0.4) is 0 Å². The van der Waals surface area contributed by atoms with E-state index < -0.39 is 0 Å². The van der Waals surface area contributed by atoms with Gasteiger partial charge < -0.3 is 0 Å². The van der Waals surface area contributed by atoms with E-state index in [2.05, 4.69) is 20.9 Å². The number of hydrogen-bond donors (Lipinski definition) is 0. The van der Waals surface area contributed by atoms with Gasteiger partial charge in [-0.1, -0.05) is 0 Å². The number of rotatable bonds is 0. The third-order valence-corrected chi connectivity index (χ3v) is 1.63. The third kappa shape index (κ3) is 1.04. The normalized spacial score (nSPS) is 9.25. The second-order valence-corrected chi connectivity index (χ2v) is 2.21. The van der Waals surface area contributed by atoms with E-state index >= 15 is 0 Å². The monoisotopic (exact) mass is 173 g/mol. The largest absolute Gasteiger partial charge is 0.365 e. The van der Waals surface area contributed by atoms with E-state index in [4.69, 9.17) is 0 Å². The molecule has 0 saturated carbocycles. The molecule has 1 aromatic rings. The minimum atomic E-state index is 0.847. The Bertz CT molecular complexity index is 167. The molecular weight excluding hydrogens is 168 g/mol. The molecule has 3 heteroatoms. The highest BCUT2D eigenvalue weighted by molar-refractivity contribution is 9.10. The average molecular weight is 174 g/mol. The van der Waals surface area contributed by atoms with Gasteiger partial charge in [-0.3, -0.25) is 0 Å². The Morgan fingerprint density at radius 2 is 2.50 bits per heavy atom. The van der Waals surface area contributed by atoms with Gasteiger partial charge in [-0.15, -0.1) is 0 Å². The van der Waals surface area contributed by atoms with Gasteiger partial charge in [0.15, 0.2) is 0 Å². The number of aromatic nitrogens is 2. The predicted molar refractivity (Wildman–Crippen MR) is 33.1 cm³/mol. The molecule has 0 fully saturated rings. The summed E-state index contributed by atoms with van der Waals surface area (Å²) in [5.41, 5.74) is 0. The maximum atomic E-state index is 3.96. The van der Waals surface area contributed by atoms with Crippen molar-refractivity contribution in [1.29, 1.82) is 0 Å². The molecular formula is C5H6BrN2+. The molecule has 8 heavy (non-hydrogen) atoms. The third-order valence-electron chi connectivity index (χ3n) is 0.868. The fourth-order valence-electron chi connectivity index (χ4n) is 0.425. The topological polar surface area (TPSA) is 16.8 Å². The maximum Gasteiger partial charge on any atom is 0.365 e. The Kier molecular flexibility index (Phi) is 1.58. The summed E-state index contributed by atoms with van der Waals surface area (Å²) in [5.74, 6) is 0. The molecule has 0 aromatic carbocycles. The van der Waals surface area contributed by atoms with Crippen LogP contribution in [0.4, 0.5) is 0 Å². The van der Waals surface area contributed by atoms with Gasteiger partial charge in [0.05, 0.1) is 29.2 Å². The maximum absolute atomic E-state index is 3.96. The van der Waals surface area contributed by atoms with Crippen molar-refractivity contribution in [2.24, 2.45) is 7.05 Å². The van der Waals surface area contributed by atoms with Crippen LogP contribution in [0, 0.1) is 0 Å². The summed E-state index contributed by atoms with van der Waals surface area (Å²) in [4.78, 5) is 3.96. The van der Waals surface area contributed by atoms with E-state index in [9.17, 15) is 0 Å². The van der Waals surface area contributed by atoms with Gasteiger partial charge in [-0.25, -0.2) is 4.57 Å². The second kappa shape index (κ2) is 2.22. The van der Waals surface area contributed by atoms with Crippen LogP contribution >= 0.6 is 15.9 Å². The van der Waals surface area contributed by atoms with Gasteiger partial charge in [0, 0.05) is 6.07 Å². The smallest absolute Gasteiger partial charge is 0.227 e. The summed E-state index contributed by atoms with van der Waals surface area (Å²) in [5, 5.41) is 0. The lowest BCUT2D eigenvalue weighted by atomic mass is 10.7. The first-order chi connectivity index (χ1) is 3.80. The molecule has 0 saturated heterocycles. The summed E-state index contributed by atoms with van der Waals surface area (Å²) in [6, 6.07) is 1.88. The van der Waals surface area contributed by atoms with E-state index in [1.807, 2.05) is 23.9 Å². The molecule has 1 rings (SSSR count). The minimum Gasteiger partial charge on any atom is -0.227 e. The summed E-state index contributed by atoms with van der Waals surface area (Å²) in [6.07, 6.45) is 3.67. The molecule has 0 unspecified atom stereocenters. The zero-order chi connectivity index (χ0) is 5.98. The van der Waals surface area contributed by atoms with Gasteiger partial charge in [0.1, 0.15) is 6.20 Å². The molecule has 2 nitrogen and oxygen atoms in total. The van der Waals surface area contributed by atoms with Crippen LogP contribution in [0.2, 0.25) is 0 Å². The summed E-state index contributed by atoms with van der Waals surface area (Å²) in [7, 11) is 1.93. The van der Waals surface area contributed by atoms with Crippen molar-refractivity contribution in [1.82, 2.24) is 4.98 Å². The molecule has 0 spiro atoms.